The van der Waals surface area contributed by atoms with Crippen LogP contribution >= 0.6 is 11.3 Å². The number of hydrogen-bond acceptors (Lipinski definition) is 3. The highest BCUT2D eigenvalue weighted by Crippen LogP contribution is 2.42. The predicted molar refractivity (Wildman–Crippen MR) is 111 cm³/mol. The van der Waals surface area contributed by atoms with E-state index in [0.717, 1.165) is 10.4 Å². The Kier molecular flexibility index (Phi) is 4.51. The summed E-state index contributed by atoms with van der Waals surface area (Å²) in [5.74, 6) is 0.0932. The number of thiophene rings is 1. The molecule has 0 aliphatic carbocycles. The van der Waals surface area contributed by atoms with Crippen molar-refractivity contribution < 1.29 is 4.79 Å². The first-order chi connectivity index (χ1) is 12.0. The summed E-state index contributed by atoms with van der Waals surface area (Å²) in [6.45, 7) is 8.53. The zero-order valence-electron chi connectivity index (χ0n) is 16.3. The SMILES string of the molecule is Bc1csc([C@H]2NC(=N)N(C)C(=O)[C@]2(C)c2ccc(C(C)(C)C)cc2)c1. The fourth-order valence-corrected chi connectivity index (χ4v) is 4.59. The Bertz CT molecular complexity index is 853. The Morgan fingerprint density at radius 1 is 1.27 bits per heavy atom. The molecule has 136 valence electrons. The lowest BCUT2D eigenvalue weighted by Crippen LogP contribution is -2.61. The fourth-order valence-electron chi connectivity index (χ4n) is 3.52. The van der Waals surface area contributed by atoms with Crippen LogP contribution in [0.15, 0.2) is 35.7 Å². The molecule has 6 heteroatoms. The minimum Gasteiger partial charge on any atom is -0.347 e. The van der Waals surface area contributed by atoms with Crippen LogP contribution < -0.4 is 10.8 Å². The molecular weight excluding hydrogens is 341 g/mol. The van der Waals surface area contributed by atoms with Gasteiger partial charge in [0.2, 0.25) is 5.91 Å². The summed E-state index contributed by atoms with van der Waals surface area (Å²) in [4.78, 5) is 15.8. The van der Waals surface area contributed by atoms with Gasteiger partial charge in [0.05, 0.1) is 11.5 Å². The summed E-state index contributed by atoms with van der Waals surface area (Å²) in [6.07, 6.45) is 0. The molecule has 1 aromatic carbocycles. The molecule has 2 aromatic rings. The zero-order chi connectivity index (χ0) is 19.3. The average molecular weight is 367 g/mol. The van der Waals surface area contributed by atoms with Crippen molar-refractivity contribution >= 4 is 36.5 Å². The Morgan fingerprint density at radius 3 is 2.38 bits per heavy atom. The third-order valence-electron chi connectivity index (χ3n) is 5.33. The summed E-state index contributed by atoms with van der Waals surface area (Å²) in [5.41, 5.74) is 2.68. The minimum atomic E-state index is -0.771. The predicted octanol–water partition coefficient (Wildman–Crippen LogP) is 2.30. The molecule has 26 heavy (non-hydrogen) atoms. The smallest absolute Gasteiger partial charge is 0.241 e. The van der Waals surface area contributed by atoms with E-state index in [-0.39, 0.29) is 23.3 Å². The van der Waals surface area contributed by atoms with Crippen LogP contribution in [-0.4, -0.2) is 31.7 Å². The second-order valence-corrected chi connectivity index (χ2v) is 9.29. The second-order valence-electron chi connectivity index (χ2n) is 8.35. The van der Waals surface area contributed by atoms with Crippen LogP contribution in [-0.2, 0) is 15.6 Å². The summed E-state index contributed by atoms with van der Waals surface area (Å²) in [7, 11) is 3.72. The first-order valence-corrected chi connectivity index (χ1v) is 9.72. The lowest BCUT2D eigenvalue weighted by Gasteiger charge is -2.45. The van der Waals surface area contributed by atoms with E-state index in [4.69, 9.17) is 5.41 Å². The van der Waals surface area contributed by atoms with E-state index in [1.54, 1.807) is 18.4 Å². The summed E-state index contributed by atoms with van der Waals surface area (Å²) in [6, 6.07) is 10.2. The van der Waals surface area contributed by atoms with Gasteiger partial charge in [-0.2, -0.15) is 0 Å². The van der Waals surface area contributed by atoms with Crippen molar-refractivity contribution in [3.8, 4) is 0 Å². The normalized spacial score (nSPS) is 23.9. The molecule has 1 aliphatic heterocycles. The van der Waals surface area contributed by atoms with E-state index in [2.05, 4.69) is 69.6 Å². The number of carbonyl (C=O) groups excluding carboxylic acids is 1. The van der Waals surface area contributed by atoms with Crippen molar-refractivity contribution in [2.75, 3.05) is 7.05 Å². The van der Waals surface area contributed by atoms with Crippen molar-refractivity contribution in [1.82, 2.24) is 10.2 Å². The molecule has 0 saturated carbocycles. The van der Waals surface area contributed by atoms with Gasteiger partial charge in [-0.25, -0.2) is 0 Å². The Labute approximate surface area is 160 Å². The fraction of sp³-hybridized carbons (Fsp3) is 0.400. The first kappa shape index (κ1) is 18.7. The second kappa shape index (κ2) is 6.27. The maximum Gasteiger partial charge on any atom is 0.241 e. The maximum absolute atomic E-state index is 13.3. The van der Waals surface area contributed by atoms with Gasteiger partial charge in [-0.1, -0.05) is 56.6 Å². The van der Waals surface area contributed by atoms with E-state index < -0.39 is 5.41 Å². The highest BCUT2D eigenvalue weighted by Gasteiger charge is 2.50. The molecule has 4 nitrogen and oxygen atoms in total. The molecule has 1 amide bonds. The molecule has 0 radical (unpaired) electrons. The van der Waals surface area contributed by atoms with Gasteiger partial charge in [-0.15, -0.1) is 11.3 Å². The third kappa shape index (κ3) is 2.96. The van der Waals surface area contributed by atoms with Crippen molar-refractivity contribution in [2.24, 2.45) is 0 Å². The molecule has 2 N–H and O–H groups in total. The van der Waals surface area contributed by atoms with Gasteiger partial charge in [0.15, 0.2) is 5.96 Å². The van der Waals surface area contributed by atoms with E-state index in [1.165, 1.54) is 15.9 Å². The van der Waals surface area contributed by atoms with Crippen molar-refractivity contribution in [3.05, 3.63) is 51.7 Å². The highest BCUT2D eigenvalue weighted by atomic mass is 32.1. The average Bonchev–Trinajstić information content (AvgIpc) is 3.01. The molecule has 1 aliphatic rings. The number of amides is 1. The van der Waals surface area contributed by atoms with Crippen LogP contribution in [0.25, 0.3) is 0 Å². The summed E-state index contributed by atoms with van der Waals surface area (Å²) >= 11 is 1.64. The van der Waals surface area contributed by atoms with Crippen LogP contribution in [0.1, 0.15) is 49.7 Å². The maximum atomic E-state index is 13.3. The van der Waals surface area contributed by atoms with E-state index in [0.29, 0.717) is 0 Å². The van der Waals surface area contributed by atoms with Gasteiger partial charge >= 0.3 is 0 Å². The summed E-state index contributed by atoms with van der Waals surface area (Å²) in [5, 5.41) is 13.5. The Morgan fingerprint density at radius 2 is 1.88 bits per heavy atom. The van der Waals surface area contributed by atoms with Crippen LogP contribution in [0, 0.1) is 5.41 Å². The number of rotatable bonds is 2. The topological polar surface area (TPSA) is 56.2 Å². The molecule has 0 spiro atoms. The largest absolute Gasteiger partial charge is 0.347 e. The number of guanidine groups is 1. The molecular formula is C20H26BN3OS. The van der Waals surface area contributed by atoms with E-state index in [1.807, 2.05) is 6.92 Å². The standard InChI is InChI=1S/C20H26BN3OS/c1-19(2,3)12-6-8-13(9-7-12)20(4)16(15-10-14(21)11-26-15)23-18(22)24(5)17(20)25/h6-11,16H,21H2,1-5H3,(H2,22,23)/t16-,20-/m1/s1. The summed E-state index contributed by atoms with van der Waals surface area (Å²) < 4.78 is 0. The quantitative estimate of drug-likeness (QED) is 0.801. The molecule has 0 bridgehead atoms. The molecule has 1 saturated heterocycles. The van der Waals surface area contributed by atoms with Gasteiger partial charge in [0.1, 0.15) is 7.85 Å². The van der Waals surface area contributed by atoms with Crippen molar-refractivity contribution in [2.45, 2.75) is 44.6 Å². The molecule has 2 atom stereocenters. The highest BCUT2D eigenvalue weighted by molar-refractivity contribution is 7.11. The molecule has 2 heterocycles. The van der Waals surface area contributed by atoms with Gasteiger partial charge in [-0.05, 0) is 28.8 Å². The Hall–Kier alpha value is -2.08. The zero-order valence-corrected chi connectivity index (χ0v) is 17.1. The monoisotopic (exact) mass is 367 g/mol. The number of nitrogens with one attached hydrogen (secondary N) is 2. The van der Waals surface area contributed by atoms with Crippen molar-refractivity contribution in [1.29, 1.82) is 5.41 Å². The molecule has 0 unspecified atom stereocenters. The number of hydrogen-bond donors (Lipinski definition) is 2. The van der Waals surface area contributed by atoms with Crippen LogP contribution in [0.5, 0.6) is 0 Å². The molecule has 1 aromatic heterocycles. The molecule has 3 rings (SSSR count). The van der Waals surface area contributed by atoms with Crippen LogP contribution in [0.2, 0.25) is 0 Å². The van der Waals surface area contributed by atoms with Gasteiger partial charge < -0.3 is 5.32 Å². The Balaban J connectivity index is 2.11. The van der Waals surface area contributed by atoms with E-state index >= 15 is 0 Å². The molecule has 1 fully saturated rings. The lowest BCUT2D eigenvalue weighted by atomic mass is 9.72. The van der Waals surface area contributed by atoms with Crippen LogP contribution in [0.4, 0.5) is 0 Å². The lowest BCUT2D eigenvalue weighted by molar-refractivity contribution is -0.134. The van der Waals surface area contributed by atoms with E-state index in [9.17, 15) is 4.79 Å². The van der Waals surface area contributed by atoms with Crippen molar-refractivity contribution in [3.63, 3.8) is 0 Å². The van der Waals surface area contributed by atoms with Gasteiger partial charge in [0.25, 0.3) is 0 Å². The number of carbonyl (C=O) groups is 1. The first-order valence-electron chi connectivity index (χ1n) is 8.84. The number of likely N-dealkylation sites (N-methyl/N-ethyl adjacent to an activating group) is 1. The van der Waals surface area contributed by atoms with Gasteiger partial charge in [-0.3, -0.25) is 15.1 Å². The minimum absolute atomic E-state index is 0.0548. The number of nitrogens with zero attached hydrogens (tertiary/aromatic N) is 1. The van der Waals surface area contributed by atoms with Gasteiger partial charge in [0, 0.05) is 11.9 Å². The van der Waals surface area contributed by atoms with Crippen LogP contribution in [0.3, 0.4) is 0 Å². The third-order valence-corrected chi connectivity index (χ3v) is 6.44. The number of benzene rings is 1.